The number of carboxylic acids is 1. The molecule has 33 heavy (non-hydrogen) atoms. The highest BCUT2D eigenvalue weighted by Gasteiger charge is 2.41. The second-order valence-corrected chi connectivity index (χ2v) is 10.7. The highest BCUT2D eigenvalue weighted by atomic mass is 32.2. The zero-order valence-electron chi connectivity index (χ0n) is 19.3. The first-order chi connectivity index (χ1) is 15.7. The highest BCUT2D eigenvalue weighted by molar-refractivity contribution is 7.98. The smallest absolute Gasteiger partial charge is 0.306 e. The van der Waals surface area contributed by atoms with Crippen LogP contribution < -0.4 is 14.4 Å². The summed E-state index contributed by atoms with van der Waals surface area (Å²) in [6.07, 6.45) is 4.99. The van der Waals surface area contributed by atoms with E-state index in [0.717, 1.165) is 29.8 Å². The molecule has 0 amide bonds. The summed E-state index contributed by atoms with van der Waals surface area (Å²) < 4.78 is 36.0. The number of thioether (sulfide) groups is 1. The van der Waals surface area contributed by atoms with E-state index in [1.807, 2.05) is 49.6 Å². The molecule has 0 bridgehead atoms. The van der Waals surface area contributed by atoms with Gasteiger partial charge in [-0.25, -0.2) is 13.1 Å². The summed E-state index contributed by atoms with van der Waals surface area (Å²) >= 11 is 1.44. The minimum absolute atomic E-state index is 0.0348. The van der Waals surface area contributed by atoms with Gasteiger partial charge in [0.25, 0.3) is 0 Å². The van der Waals surface area contributed by atoms with Crippen molar-refractivity contribution < 1.29 is 23.1 Å². The third-order valence-electron chi connectivity index (χ3n) is 5.96. The van der Waals surface area contributed by atoms with Gasteiger partial charge in [0.15, 0.2) is 0 Å². The second-order valence-electron chi connectivity index (χ2n) is 8.23. The number of fused-ring (bicyclic) bond motifs is 1. The van der Waals surface area contributed by atoms with Crippen LogP contribution in [-0.4, -0.2) is 44.4 Å². The van der Waals surface area contributed by atoms with E-state index in [-0.39, 0.29) is 17.9 Å². The second kappa shape index (κ2) is 10.8. The van der Waals surface area contributed by atoms with Gasteiger partial charge in [-0.3, -0.25) is 4.79 Å². The Morgan fingerprint density at radius 3 is 2.58 bits per heavy atom. The molecule has 1 atom stereocenters. The van der Waals surface area contributed by atoms with E-state index in [1.54, 1.807) is 0 Å². The lowest BCUT2D eigenvalue weighted by molar-refractivity contribution is -0.137. The number of para-hydroxylation sites is 1. The third-order valence-corrected chi connectivity index (χ3v) is 8.33. The van der Waals surface area contributed by atoms with Crippen molar-refractivity contribution in [1.29, 1.82) is 0 Å². The number of rotatable bonds is 10. The zero-order chi connectivity index (χ0) is 24.1. The molecule has 3 rings (SSSR count). The van der Waals surface area contributed by atoms with Crippen molar-refractivity contribution in [1.82, 2.24) is 4.72 Å². The predicted octanol–water partition coefficient (Wildman–Crippen LogP) is 5.03. The number of carboxylic acid groups (broad SMARTS) is 1. The van der Waals surface area contributed by atoms with E-state index in [0.29, 0.717) is 24.4 Å². The van der Waals surface area contributed by atoms with E-state index >= 15 is 0 Å². The molecule has 1 aliphatic heterocycles. The van der Waals surface area contributed by atoms with Crippen LogP contribution in [0.15, 0.2) is 52.3 Å². The molecule has 0 aliphatic carbocycles. The fourth-order valence-corrected chi connectivity index (χ4v) is 6.33. The Hall–Kier alpha value is -2.23. The van der Waals surface area contributed by atoms with Gasteiger partial charge in [0.1, 0.15) is 10.6 Å². The van der Waals surface area contributed by atoms with Gasteiger partial charge >= 0.3 is 5.97 Å². The first-order valence-corrected chi connectivity index (χ1v) is 13.9. The van der Waals surface area contributed by atoms with Crippen molar-refractivity contribution in [2.24, 2.45) is 0 Å². The molecule has 0 fully saturated rings. The Labute approximate surface area is 200 Å². The van der Waals surface area contributed by atoms with Crippen LogP contribution in [0.2, 0.25) is 0 Å². The van der Waals surface area contributed by atoms with Crippen LogP contribution in [0.5, 0.6) is 5.75 Å². The fourth-order valence-electron chi connectivity index (χ4n) is 4.08. The summed E-state index contributed by atoms with van der Waals surface area (Å²) in [7, 11) is -3.86. The number of nitrogens with zero attached hydrogens (tertiary/aromatic N) is 1. The Morgan fingerprint density at radius 1 is 1.24 bits per heavy atom. The van der Waals surface area contributed by atoms with Gasteiger partial charge in [-0.15, -0.1) is 11.8 Å². The number of hydrogen-bond acceptors (Lipinski definition) is 6. The van der Waals surface area contributed by atoms with Crippen molar-refractivity contribution in [3.8, 4) is 5.75 Å². The predicted molar refractivity (Wildman–Crippen MR) is 132 cm³/mol. The van der Waals surface area contributed by atoms with E-state index < -0.39 is 21.5 Å². The van der Waals surface area contributed by atoms with Gasteiger partial charge in [-0.2, -0.15) is 0 Å². The quantitative estimate of drug-likeness (QED) is 0.449. The van der Waals surface area contributed by atoms with Gasteiger partial charge in [0.05, 0.1) is 29.1 Å². The van der Waals surface area contributed by atoms with Crippen molar-refractivity contribution >= 4 is 39.1 Å². The van der Waals surface area contributed by atoms with Gasteiger partial charge in [0.2, 0.25) is 10.0 Å². The van der Waals surface area contributed by atoms with Gasteiger partial charge in [0, 0.05) is 18.3 Å². The molecular formula is C24H32N2O5S2. The number of nitrogens with one attached hydrogen (secondary N) is 1. The maximum atomic E-state index is 13.6. The molecule has 2 aromatic carbocycles. The summed E-state index contributed by atoms with van der Waals surface area (Å²) in [5.41, 5.74) is 0.891. The minimum atomic E-state index is -3.86. The molecule has 0 unspecified atom stereocenters. The van der Waals surface area contributed by atoms with Crippen LogP contribution in [0.25, 0.3) is 0 Å². The summed E-state index contributed by atoms with van der Waals surface area (Å²) in [5, 5.41) is 8.95. The summed E-state index contributed by atoms with van der Waals surface area (Å²) in [6.45, 7) is 4.59. The number of sulfonamides is 1. The third kappa shape index (κ3) is 5.83. The number of benzene rings is 2. The number of anilines is 2. The minimum Gasteiger partial charge on any atom is -0.492 e. The number of carbonyl (C=O) groups is 1. The van der Waals surface area contributed by atoms with Gasteiger partial charge in [-0.05, 0) is 37.3 Å². The van der Waals surface area contributed by atoms with E-state index in [1.165, 1.54) is 17.8 Å². The van der Waals surface area contributed by atoms with Crippen LogP contribution in [0.3, 0.4) is 0 Å². The number of ether oxygens (including phenoxy) is 1. The lowest BCUT2D eigenvalue weighted by Crippen LogP contribution is -2.52. The number of hydrogen-bond donors (Lipinski definition) is 2. The van der Waals surface area contributed by atoms with Gasteiger partial charge < -0.3 is 14.7 Å². The Balaban J connectivity index is 2.18. The molecule has 180 valence electrons. The molecule has 2 N–H and O–H groups in total. The van der Waals surface area contributed by atoms with E-state index in [4.69, 9.17) is 9.84 Å². The highest BCUT2D eigenvalue weighted by Crippen LogP contribution is 2.43. The molecular weight excluding hydrogens is 460 g/mol. The van der Waals surface area contributed by atoms with Crippen molar-refractivity contribution in [2.45, 2.75) is 61.3 Å². The van der Waals surface area contributed by atoms with E-state index in [9.17, 15) is 13.2 Å². The molecule has 2 aromatic rings. The fraction of sp³-hybridized carbons (Fsp3) is 0.458. The molecule has 0 spiro atoms. The monoisotopic (exact) mass is 492 g/mol. The molecule has 9 heteroatoms. The molecule has 0 saturated heterocycles. The topological polar surface area (TPSA) is 95.9 Å². The molecule has 1 heterocycles. The molecule has 0 saturated carbocycles. The number of aliphatic carboxylic acids is 1. The van der Waals surface area contributed by atoms with Crippen LogP contribution >= 0.6 is 11.8 Å². The van der Waals surface area contributed by atoms with Crippen molar-refractivity contribution in [3.05, 3.63) is 42.5 Å². The Kier molecular flexibility index (Phi) is 8.31. The SMILES string of the molecule is CCCC[C@]1(CC)CN(c2ccccc2)c2cc(SC)c(OCCC(=O)O)cc2S(=O)(=O)N1. The Morgan fingerprint density at radius 2 is 1.97 bits per heavy atom. The first kappa shape index (κ1) is 25.4. The zero-order valence-corrected chi connectivity index (χ0v) is 21.0. The van der Waals surface area contributed by atoms with E-state index in [2.05, 4.69) is 16.5 Å². The summed E-state index contributed by atoms with van der Waals surface area (Å²) in [5.74, 6) is -0.595. The molecule has 0 radical (unpaired) electrons. The van der Waals surface area contributed by atoms with Crippen LogP contribution in [-0.2, 0) is 14.8 Å². The van der Waals surface area contributed by atoms with Crippen LogP contribution in [0, 0.1) is 0 Å². The average Bonchev–Trinajstić information content (AvgIpc) is 2.90. The first-order valence-electron chi connectivity index (χ1n) is 11.2. The largest absolute Gasteiger partial charge is 0.492 e. The average molecular weight is 493 g/mol. The summed E-state index contributed by atoms with van der Waals surface area (Å²) in [6, 6.07) is 13.2. The molecule has 7 nitrogen and oxygen atoms in total. The van der Waals surface area contributed by atoms with Crippen molar-refractivity contribution in [3.63, 3.8) is 0 Å². The maximum absolute atomic E-state index is 13.6. The van der Waals surface area contributed by atoms with Crippen LogP contribution in [0.4, 0.5) is 11.4 Å². The molecule has 0 aromatic heterocycles. The Bertz CT molecular complexity index is 1080. The lowest BCUT2D eigenvalue weighted by atomic mass is 9.89. The van der Waals surface area contributed by atoms with Gasteiger partial charge in [-0.1, -0.05) is 44.9 Å². The normalized spacial score (nSPS) is 19.5. The van der Waals surface area contributed by atoms with Crippen LogP contribution in [0.1, 0.15) is 46.0 Å². The standard InChI is InChI=1S/C24H32N2O5S2/c1-4-6-13-24(5-2)17-26(18-10-8-7-9-11-18)19-15-21(32-3)20(31-14-12-23(27)28)16-22(19)33(29,30)25-24/h7-11,15-16,25H,4-6,12-14,17H2,1-3H3,(H,27,28)/t24-/m1/s1. The lowest BCUT2D eigenvalue weighted by Gasteiger charge is -2.36. The van der Waals surface area contributed by atoms with Crippen molar-refractivity contribution in [2.75, 3.05) is 24.3 Å². The number of unbranched alkanes of at least 4 members (excludes halogenated alkanes) is 1. The molecule has 1 aliphatic rings. The maximum Gasteiger partial charge on any atom is 0.306 e. The summed E-state index contributed by atoms with van der Waals surface area (Å²) in [4.78, 5) is 13.9.